The first kappa shape index (κ1) is 15.8. The summed E-state index contributed by atoms with van der Waals surface area (Å²) in [5, 5.41) is 12.0. The molecule has 1 amide bonds. The number of benzene rings is 2. The van der Waals surface area contributed by atoms with Crippen LogP contribution < -0.4 is 5.32 Å². The largest absolute Gasteiger partial charge is 0.478 e. The second kappa shape index (κ2) is 6.91. The van der Waals surface area contributed by atoms with Gasteiger partial charge in [0.15, 0.2) is 0 Å². The first-order valence-electron chi connectivity index (χ1n) is 6.54. The van der Waals surface area contributed by atoms with Gasteiger partial charge in [-0.25, -0.2) is 4.79 Å². The van der Waals surface area contributed by atoms with Crippen molar-refractivity contribution in [2.45, 2.75) is 6.92 Å². The van der Waals surface area contributed by atoms with Gasteiger partial charge < -0.3 is 10.4 Å². The lowest BCUT2D eigenvalue weighted by atomic mass is 10.1. The van der Waals surface area contributed by atoms with Gasteiger partial charge in [0.05, 0.1) is 11.3 Å². The van der Waals surface area contributed by atoms with Crippen LogP contribution in [0.1, 0.15) is 21.5 Å². The number of carboxylic acids is 1. The van der Waals surface area contributed by atoms with Crippen LogP contribution in [0.25, 0.3) is 6.08 Å². The molecule has 0 radical (unpaired) electrons. The molecule has 22 heavy (non-hydrogen) atoms. The topological polar surface area (TPSA) is 66.4 Å². The highest BCUT2D eigenvalue weighted by Gasteiger charge is 2.11. The van der Waals surface area contributed by atoms with E-state index in [0.717, 1.165) is 11.1 Å². The monoisotopic (exact) mass is 315 g/mol. The third kappa shape index (κ3) is 4.20. The number of rotatable bonds is 4. The Labute approximate surface area is 133 Å². The lowest BCUT2D eigenvalue weighted by molar-refractivity contribution is -0.111. The van der Waals surface area contributed by atoms with Gasteiger partial charge in [0.2, 0.25) is 5.91 Å². The van der Waals surface area contributed by atoms with E-state index >= 15 is 0 Å². The molecule has 0 aliphatic carbocycles. The maximum Gasteiger partial charge on any atom is 0.337 e. The molecule has 0 fully saturated rings. The van der Waals surface area contributed by atoms with Crippen molar-refractivity contribution in [3.8, 4) is 0 Å². The van der Waals surface area contributed by atoms with E-state index in [0.29, 0.717) is 5.02 Å². The van der Waals surface area contributed by atoms with E-state index in [2.05, 4.69) is 5.32 Å². The Balaban J connectivity index is 2.13. The molecule has 0 atom stereocenters. The normalized spacial score (nSPS) is 10.6. The van der Waals surface area contributed by atoms with Crippen molar-refractivity contribution in [2.75, 3.05) is 5.32 Å². The van der Waals surface area contributed by atoms with E-state index in [1.165, 1.54) is 24.3 Å². The minimum atomic E-state index is -1.13. The summed E-state index contributed by atoms with van der Waals surface area (Å²) < 4.78 is 0. The third-order valence-electron chi connectivity index (χ3n) is 2.97. The van der Waals surface area contributed by atoms with Crippen LogP contribution in [-0.4, -0.2) is 17.0 Å². The molecule has 0 aromatic heterocycles. The second-order valence-electron chi connectivity index (χ2n) is 4.73. The lowest BCUT2D eigenvalue weighted by Crippen LogP contribution is -2.12. The van der Waals surface area contributed by atoms with Gasteiger partial charge in [0.1, 0.15) is 0 Å². The number of hydrogen-bond acceptors (Lipinski definition) is 2. The van der Waals surface area contributed by atoms with Gasteiger partial charge in [0.25, 0.3) is 0 Å². The number of anilines is 1. The number of aromatic carboxylic acids is 1. The standard InChI is InChI=1S/C17H14ClNO3/c1-11-2-4-12(5-3-11)6-9-16(20)19-15-10-13(18)7-8-14(15)17(21)22/h2-10H,1H3,(H,19,20)(H,21,22)/b9-6+. The number of hydrogen-bond donors (Lipinski definition) is 2. The van der Waals surface area contributed by atoms with Gasteiger partial charge in [-0.05, 0) is 36.8 Å². The maximum absolute atomic E-state index is 11.9. The van der Waals surface area contributed by atoms with Crippen LogP contribution in [0.15, 0.2) is 48.5 Å². The zero-order chi connectivity index (χ0) is 16.1. The number of carbonyl (C=O) groups is 2. The van der Waals surface area contributed by atoms with Crippen molar-refractivity contribution in [2.24, 2.45) is 0 Å². The van der Waals surface area contributed by atoms with Crippen LogP contribution in [0.4, 0.5) is 5.69 Å². The van der Waals surface area contributed by atoms with Crippen molar-refractivity contribution >= 4 is 35.2 Å². The minimum Gasteiger partial charge on any atom is -0.478 e. The highest BCUT2D eigenvalue weighted by atomic mass is 35.5. The highest BCUT2D eigenvalue weighted by Crippen LogP contribution is 2.21. The molecule has 112 valence electrons. The molecule has 0 saturated carbocycles. The molecule has 0 bridgehead atoms. The SMILES string of the molecule is Cc1ccc(/C=C/C(=O)Nc2cc(Cl)ccc2C(=O)O)cc1. The lowest BCUT2D eigenvalue weighted by Gasteiger charge is -2.07. The first-order chi connectivity index (χ1) is 10.5. The van der Waals surface area contributed by atoms with Gasteiger partial charge in [-0.2, -0.15) is 0 Å². The van der Waals surface area contributed by atoms with E-state index in [9.17, 15) is 9.59 Å². The molecule has 0 heterocycles. The van der Waals surface area contributed by atoms with Crippen molar-refractivity contribution in [3.05, 3.63) is 70.3 Å². The molecule has 4 nitrogen and oxygen atoms in total. The number of amides is 1. The number of aryl methyl sites for hydroxylation is 1. The summed E-state index contributed by atoms with van der Waals surface area (Å²) >= 11 is 5.83. The fourth-order valence-corrected chi connectivity index (χ4v) is 2.00. The Hall–Kier alpha value is -2.59. The summed E-state index contributed by atoms with van der Waals surface area (Å²) in [6.07, 6.45) is 3.00. The van der Waals surface area contributed by atoms with E-state index in [1.807, 2.05) is 31.2 Å². The average molecular weight is 316 g/mol. The maximum atomic E-state index is 11.9. The van der Waals surface area contributed by atoms with Gasteiger partial charge >= 0.3 is 5.97 Å². The number of carboxylic acid groups (broad SMARTS) is 1. The summed E-state index contributed by atoms with van der Waals surface area (Å²) in [4.78, 5) is 23.0. The van der Waals surface area contributed by atoms with Gasteiger partial charge in [-0.15, -0.1) is 0 Å². The molecule has 2 aromatic carbocycles. The Kier molecular flexibility index (Phi) is 4.96. The van der Waals surface area contributed by atoms with Crippen molar-refractivity contribution in [1.82, 2.24) is 0 Å². The summed E-state index contributed by atoms with van der Waals surface area (Å²) in [7, 11) is 0. The molecule has 2 aromatic rings. The third-order valence-corrected chi connectivity index (χ3v) is 3.21. The van der Waals surface area contributed by atoms with Crippen LogP contribution in [0.5, 0.6) is 0 Å². The zero-order valence-electron chi connectivity index (χ0n) is 11.8. The van der Waals surface area contributed by atoms with Crippen molar-refractivity contribution < 1.29 is 14.7 Å². The predicted octanol–water partition coefficient (Wildman–Crippen LogP) is 4.00. The minimum absolute atomic E-state index is 0.0125. The van der Waals surface area contributed by atoms with Crippen molar-refractivity contribution in [3.63, 3.8) is 0 Å². The highest BCUT2D eigenvalue weighted by molar-refractivity contribution is 6.31. The van der Waals surface area contributed by atoms with Crippen LogP contribution in [-0.2, 0) is 4.79 Å². The summed E-state index contributed by atoms with van der Waals surface area (Å²) in [5.41, 5.74) is 2.16. The number of nitrogens with one attached hydrogen (secondary N) is 1. The number of halogens is 1. The fourth-order valence-electron chi connectivity index (χ4n) is 1.83. The predicted molar refractivity (Wildman–Crippen MR) is 87.3 cm³/mol. The molecule has 0 saturated heterocycles. The van der Waals surface area contributed by atoms with Gasteiger partial charge in [0, 0.05) is 11.1 Å². The van der Waals surface area contributed by atoms with E-state index in [-0.39, 0.29) is 11.3 Å². The molecular weight excluding hydrogens is 302 g/mol. The smallest absolute Gasteiger partial charge is 0.337 e. The van der Waals surface area contributed by atoms with E-state index < -0.39 is 11.9 Å². The quantitative estimate of drug-likeness (QED) is 0.838. The Bertz CT molecular complexity index is 736. The van der Waals surface area contributed by atoms with Gasteiger partial charge in [-0.1, -0.05) is 41.4 Å². The molecule has 2 N–H and O–H groups in total. The number of carbonyl (C=O) groups excluding carboxylic acids is 1. The Morgan fingerprint density at radius 2 is 1.82 bits per heavy atom. The van der Waals surface area contributed by atoms with E-state index in [4.69, 9.17) is 16.7 Å². The van der Waals surface area contributed by atoms with Crippen LogP contribution >= 0.6 is 11.6 Å². The second-order valence-corrected chi connectivity index (χ2v) is 5.16. The Morgan fingerprint density at radius 3 is 2.45 bits per heavy atom. The molecule has 2 rings (SSSR count). The van der Waals surface area contributed by atoms with Crippen LogP contribution in [0.2, 0.25) is 5.02 Å². The van der Waals surface area contributed by atoms with E-state index in [1.54, 1.807) is 6.08 Å². The average Bonchev–Trinajstić information content (AvgIpc) is 2.46. The molecule has 5 heteroatoms. The first-order valence-corrected chi connectivity index (χ1v) is 6.92. The zero-order valence-corrected chi connectivity index (χ0v) is 12.6. The summed E-state index contributed by atoms with van der Waals surface area (Å²) in [6.45, 7) is 1.98. The summed E-state index contributed by atoms with van der Waals surface area (Å²) in [5.74, 6) is -1.56. The molecule has 0 aliphatic rings. The van der Waals surface area contributed by atoms with Crippen molar-refractivity contribution in [1.29, 1.82) is 0 Å². The van der Waals surface area contributed by atoms with Crippen LogP contribution in [0, 0.1) is 6.92 Å². The Morgan fingerprint density at radius 1 is 1.14 bits per heavy atom. The van der Waals surface area contributed by atoms with Crippen LogP contribution in [0.3, 0.4) is 0 Å². The molecule has 0 spiro atoms. The molecule has 0 unspecified atom stereocenters. The van der Waals surface area contributed by atoms with Gasteiger partial charge in [-0.3, -0.25) is 4.79 Å². The fraction of sp³-hybridized carbons (Fsp3) is 0.0588. The molecule has 0 aliphatic heterocycles. The summed E-state index contributed by atoms with van der Waals surface area (Å²) in [6, 6.07) is 11.9. The molecular formula is C17H14ClNO3.